The fraction of sp³-hybridized carbons (Fsp3) is 0.259. The number of methoxy groups -OCH3 is 1. The highest BCUT2D eigenvalue weighted by atomic mass is 16.5. The second-order valence-corrected chi connectivity index (χ2v) is 8.87. The van der Waals surface area contributed by atoms with Gasteiger partial charge in [0.15, 0.2) is 5.65 Å². The van der Waals surface area contributed by atoms with Crippen molar-refractivity contribution in [1.29, 1.82) is 0 Å². The largest absolute Gasteiger partial charge is 0.497 e. The van der Waals surface area contributed by atoms with Crippen LogP contribution in [0.1, 0.15) is 45.5 Å². The number of nitrogens with zero attached hydrogens (tertiary/aromatic N) is 4. The average Bonchev–Trinajstić information content (AvgIpc) is 3.24. The van der Waals surface area contributed by atoms with Gasteiger partial charge >= 0.3 is 0 Å². The second-order valence-electron chi connectivity index (χ2n) is 8.87. The van der Waals surface area contributed by atoms with E-state index in [-0.39, 0.29) is 11.8 Å². The Bertz CT molecular complexity index is 1410. The normalized spacial score (nSPS) is 13.5. The zero-order chi connectivity index (χ0) is 25.1. The summed E-state index contributed by atoms with van der Waals surface area (Å²) >= 11 is 0. The Morgan fingerprint density at radius 3 is 2.53 bits per heavy atom. The molecule has 3 heterocycles. The van der Waals surface area contributed by atoms with E-state index in [1.54, 1.807) is 43.6 Å². The number of carbonyl (C=O) groups is 2. The van der Waals surface area contributed by atoms with Crippen molar-refractivity contribution in [3.05, 3.63) is 77.5 Å². The molecule has 0 atom stereocenters. The number of ether oxygens (including phenoxy) is 1. The van der Waals surface area contributed by atoms with E-state index in [2.05, 4.69) is 15.3 Å². The zero-order valence-corrected chi connectivity index (χ0v) is 20.1. The summed E-state index contributed by atoms with van der Waals surface area (Å²) in [6, 6.07) is 16.1. The molecule has 0 radical (unpaired) electrons. The number of nitrogens with two attached hydrogens (primary N) is 1. The lowest BCUT2D eigenvalue weighted by atomic mass is 10.1. The molecular weight excluding hydrogens is 456 g/mol. The third kappa shape index (κ3) is 4.86. The third-order valence-corrected chi connectivity index (χ3v) is 6.35. The van der Waals surface area contributed by atoms with Crippen LogP contribution in [-0.2, 0) is 6.54 Å². The minimum atomic E-state index is -0.335. The van der Waals surface area contributed by atoms with Crippen LogP contribution in [0, 0.1) is 0 Å². The summed E-state index contributed by atoms with van der Waals surface area (Å²) in [5.41, 5.74) is 9.36. The Morgan fingerprint density at radius 1 is 1.03 bits per heavy atom. The van der Waals surface area contributed by atoms with Crippen LogP contribution in [0.5, 0.6) is 5.75 Å². The number of anilines is 2. The molecule has 0 spiro atoms. The second kappa shape index (κ2) is 10.1. The van der Waals surface area contributed by atoms with Gasteiger partial charge in [0, 0.05) is 30.5 Å². The van der Waals surface area contributed by atoms with E-state index in [9.17, 15) is 9.59 Å². The van der Waals surface area contributed by atoms with Crippen LogP contribution < -0.4 is 15.8 Å². The molecule has 1 aliphatic heterocycles. The summed E-state index contributed by atoms with van der Waals surface area (Å²) < 4.78 is 7.09. The number of fused-ring (bicyclic) bond motifs is 1. The fourth-order valence-corrected chi connectivity index (χ4v) is 4.42. The smallest absolute Gasteiger partial charge is 0.258 e. The van der Waals surface area contributed by atoms with E-state index in [1.807, 2.05) is 33.7 Å². The van der Waals surface area contributed by atoms with Crippen molar-refractivity contribution in [2.24, 2.45) is 0 Å². The molecule has 3 N–H and O–H groups in total. The van der Waals surface area contributed by atoms with Gasteiger partial charge in [0.25, 0.3) is 11.8 Å². The van der Waals surface area contributed by atoms with E-state index >= 15 is 0 Å². The number of imidazole rings is 1. The van der Waals surface area contributed by atoms with Gasteiger partial charge in [-0.25, -0.2) is 9.97 Å². The maximum Gasteiger partial charge on any atom is 0.258 e. The molecule has 1 saturated heterocycles. The molecule has 2 aromatic carbocycles. The number of hydrogen-bond acceptors (Lipinski definition) is 6. The van der Waals surface area contributed by atoms with Crippen LogP contribution >= 0.6 is 0 Å². The van der Waals surface area contributed by atoms with Crippen molar-refractivity contribution >= 4 is 34.6 Å². The topological polar surface area (TPSA) is 115 Å². The van der Waals surface area contributed by atoms with Gasteiger partial charge < -0.3 is 15.4 Å². The van der Waals surface area contributed by atoms with Crippen molar-refractivity contribution in [3.8, 4) is 5.75 Å². The number of likely N-dealkylation sites (tertiary alicyclic amines) is 1. The monoisotopic (exact) mass is 484 g/mol. The Kier molecular flexibility index (Phi) is 6.53. The number of piperidine rings is 1. The number of benzene rings is 2. The van der Waals surface area contributed by atoms with Gasteiger partial charge in [-0.1, -0.05) is 18.2 Å². The van der Waals surface area contributed by atoms with E-state index in [1.165, 1.54) is 0 Å². The molecule has 9 heteroatoms. The summed E-state index contributed by atoms with van der Waals surface area (Å²) in [6.07, 6.45) is 4.76. The quantitative estimate of drug-likeness (QED) is 0.401. The van der Waals surface area contributed by atoms with Crippen LogP contribution in [0.15, 0.2) is 60.8 Å². The highest BCUT2D eigenvalue weighted by Gasteiger charge is 2.21. The lowest BCUT2D eigenvalue weighted by Crippen LogP contribution is -2.35. The third-order valence-electron chi connectivity index (χ3n) is 6.35. The Hall–Kier alpha value is -4.40. The first-order valence-corrected chi connectivity index (χ1v) is 12.0. The molecule has 1 fully saturated rings. The first kappa shape index (κ1) is 23.3. The van der Waals surface area contributed by atoms with Gasteiger partial charge in [-0.2, -0.15) is 0 Å². The van der Waals surface area contributed by atoms with Crippen LogP contribution in [0.2, 0.25) is 0 Å². The number of aromatic nitrogens is 3. The van der Waals surface area contributed by atoms with Crippen LogP contribution in [0.3, 0.4) is 0 Å². The number of carbonyl (C=O) groups excluding carboxylic acids is 2. The van der Waals surface area contributed by atoms with Gasteiger partial charge in [0.2, 0.25) is 5.95 Å². The number of nitrogen functional groups attached to an aromatic ring is 1. The lowest BCUT2D eigenvalue weighted by Gasteiger charge is -2.26. The predicted molar refractivity (Wildman–Crippen MR) is 138 cm³/mol. The zero-order valence-electron chi connectivity index (χ0n) is 20.1. The molecule has 0 bridgehead atoms. The Morgan fingerprint density at radius 2 is 1.81 bits per heavy atom. The molecule has 1 aliphatic rings. The predicted octanol–water partition coefficient (Wildman–Crippen LogP) is 3.95. The van der Waals surface area contributed by atoms with E-state index in [4.69, 9.17) is 10.5 Å². The number of pyridine rings is 1. The minimum absolute atomic E-state index is 0.0425. The first-order valence-electron chi connectivity index (χ1n) is 12.0. The van der Waals surface area contributed by atoms with Gasteiger partial charge in [0.05, 0.1) is 19.2 Å². The molecule has 4 aromatic rings. The molecule has 2 aromatic heterocycles. The van der Waals surface area contributed by atoms with Gasteiger partial charge in [-0.05, 0) is 61.2 Å². The van der Waals surface area contributed by atoms with Crippen molar-refractivity contribution in [3.63, 3.8) is 0 Å². The maximum atomic E-state index is 13.0. The molecule has 2 amide bonds. The molecule has 0 unspecified atom stereocenters. The van der Waals surface area contributed by atoms with Crippen LogP contribution in [0.25, 0.3) is 11.2 Å². The van der Waals surface area contributed by atoms with Crippen molar-refractivity contribution in [2.45, 2.75) is 25.8 Å². The molecule has 184 valence electrons. The highest BCUT2D eigenvalue weighted by molar-refractivity contribution is 6.04. The highest BCUT2D eigenvalue weighted by Crippen LogP contribution is 2.24. The molecule has 9 nitrogen and oxygen atoms in total. The summed E-state index contributed by atoms with van der Waals surface area (Å²) in [4.78, 5) is 37.2. The molecule has 5 rings (SSSR count). The summed E-state index contributed by atoms with van der Waals surface area (Å²) in [6.45, 7) is 1.92. The Balaban J connectivity index is 1.51. The summed E-state index contributed by atoms with van der Waals surface area (Å²) in [5.74, 6) is 0.712. The SMILES string of the molecule is COc1ccc(Cn2c(NC(=O)c3cccc(N)c3)nc3cc(C(=O)N4CCCCC4)cnc32)cc1. The van der Waals surface area contributed by atoms with Crippen molar-refractivity contribution in [2.75, 3.05) is 31.2 Å². The standard InChI is InChI=1S/C27H28N6O3/c1-36-22-10-8-18(9-11-22)17-33-24-23(15-20(16-29-24)26(35)32-12-3-2-4-13-32)30-27(33)31-25(34)19-6-5-7-21(28)14-19/h5-11,14-16H,2-4,12-13,17,28H2,1H3,(H,30,31,34). The fourth-order valence-electron chi connectivity index (χ4n) is 4.42. The van der Waals surface area contributed by atoms with E-state index < -0.39 is 0 Å². The van der Waals surface area contributed by atoms with Crippen molar-refractivity contribution in [1.82, 2.24) is 19.4 Å². The number of nitrogens with one attached hydrogen (secondary N) is 1. The average molecular weight is 485 g/mol. The van der Waals surface area contributed by atoms with Gasteiger partial charge in [-0.3, -0.25) is 19.5 Å². The number of hydrogen-bond donors (Lipinski definition) is 2. The van der Waals surface area contributed by atoms with Crippen molar-refractivity contribution < 1.29 is 14.3 Å². The van der Waals surface area contributed by atoms with E-state index in [0.29, 0.717) is 40.5 Å². The van der Waals surface area contributed by atoms with Gasteiger partial charge in [-0.15, -0.1) is 0 Å². The first-order chi connectivity index (χ1) is 17.5. The van der Waals surface area contributed by atoms with Crippen LogP contribution in [0.4, 0.5) is 11.6 Å². The summed E-state index contributed by atoms with van der Waals surface area (Å²) in [5, 5.41) is 2.90. The molecule has 36 heavy (non-hydrogen) atoms. The van der Waals surface area contributed by atoms with E-state index in [0.717, 1.165) is 43.7 Å². The Labute approximate surface area is 208 Å². The van der Waals surface area contributed by atoms with Crippen LogP contribution in [-0.4, -0.2) is 51.4 Å². The molecule has 0 saturated carbocycles. The lowest BCUT2D eigenvalue weighted by molar-refractivity contribution is 0.0724. The molecular formula is C27H28N6O3. The molecule has 0 aliphatic carbocycles. The minimum Gasteiger partial charge on any atom is -0.497 e. The summed E-state index contributed by atoms with van der Waals surface area (Å²) in [7, 11) is 1.62. The number of rotatable bonds is 6. The number of amides is 2. The van der Waals surface area contributed by atoms with Gasteiger partial charge in [0.1, 0.15) is 11.3 Å². The maximum absolute atomic E-state index is 13.0.